The molecule has 1 aliphatic heterocycles. The Morgan fingerprint density at radius 1 is 1.18 bits per heavy atom. The first-order valence-electron chi connectivity index (χ1n) is 8.95. The zero-order chi connectivity index (χ0) is 20.1. The molecule has 0 spiro atoms. The van der Waals surface area contributed by atoms with Crippen molar-refractivity contribution in [3.05, 3.63) is 46.7 Å². The third-order valence-electron chi connectivity index (χ3n) is 4.65. The molecule has 28 heavy (non-hydrogen) atoms. The van der Waals surface area contributed by atoms with Gasteiger partial charge in [0.15, 0.2) is 0 Å². The number of ether oxygens (including phenoxy) is 1. The summed E-state index contributed by atoms with van der Waals surface area (Å²) < 4.78 is 40.4. The standard InChI is InChI=1S/C19H22F3N3O2S/c1-14(25-10-8-24(9-11-25)13-17-3-2-12-28-17)18(26)23-15-4-6-16(7-5-15)27-19(20,21)22/h2-7,12,14H,8-11,13H2,1H3,(H,23,26)/t14-/m1/s1. The van der Waals surface area contributed by atoms with Crippen LogP contribution in [0.1, 0.15) is 11.8 Å². The average molecular weight is 413 g/mol. The van der Waals surface area contributed by atoms with Crippen LogP contribution < -0.4 is 10.1 Å². The van der Waals surface area contributed by atoms with Crippen molar-refractivity contribution in [1.29, 1.82) is 0 Å². The number of alkyl halides is 3. The number of carbonyl (C=O) groups excluding carboxylic acids is 1. The smallest absolute Gasteiger partial charge is 0.406 e. The molecular weight excluding hydrogens is 391 g/mol. The van der Waals surface area contributed by atoms with Gasteiger partial charge in [0.05, 0.1) is 6.04 Å². The molecule has 1 N–H and O–H groups in total. The van der Waals surface area contributed by atoms with Crippen LogP contribution in [0, 0.1) is 0 Å². The fraction of sp³-hybridized carbons (Fsp3) is 0.421. The molecule has 9 heteroatoms. The topological polar surface area (TPSA) is 44.8 Å². The van der Waals surface area contributed by atoms with Crippen LogP contribution in [0.5, 0.6) is 5.75 Å². The summed E-state index contributed by atoms with van der Waals surface area (Å²) >= 11 is 1.74. The molecule has 5 nitrogen and oxygen atoms in total. The van der Waals surface area contributed by atoms with Crippen molar-refractivity contribution < 1.29 is 22.7 Å². The maximum absolute atomic E-state index is 12.5. The SMILES string of the molecule is C[C@H](C(=O)Nc1ccc(OC(F)(F)F)cc1)N1CCN(Cc2cccs2)CC1. The molecule has 0 aliphatic carbocycles. The average Bonchev–Trinajstić information content (AvgIpc) is 3.15. The van der Waals surface area contributed by atoms with Crippen molar-refractivity contribution in [3.8, 4) is 5.75 Å². The van der Waals surface area contributed by atoms with Crippen LogP contribution in [-0.4, -0.2) is 54.3 Å². The molecule has 3 rings (SSSR count). The highest BCUT2D eigenvalue weighted by Gasteiger charge is 2.31. The number of halogens is 3. The number of rotatable bonds is 6. The van der Waals surface area contributed by atoms with Crippen molar-refractivity contribution in [2.45, 2.75) is 25.9 Å². The summed E-state index contributed by atoms with van der Waals surface area (Å²) in [4.78, 5) is 18.3. The molecule has 1 aliphatic rings. The third-order valence-corrected chi connectivity index (χ3v) is 5.51. The Balaban J connectivity index is 1.47. The lowest BCUT2D eigenvalue weighted by Gasteiger charge is -2.37. The highest BCUT2D eigenvalue weighted by molar-refractivity contribution is 7.09. The van der Waals surface area contributed by atoms with E-state index in [-0.39, 0.29) is 17.7 Å². The number of anilines is 1. The molecular formula is C19H22F3N3O2S. The van der Waals surface area contributed by atoms with E-state index >= 15 is 0 Å². The number of thiophene rings is 1. The van der Waals surface area contributed by atoms with E-state index in [9.17, 15) is 18.0 Å². The van der Waals surface area contributed by atoms with Crippen LogP contribution in [0.3, 0.4) is 0 Å². The summed E-state index contributed by atoms with van der Waals surface area (Å²) in [6.45, 7) is 6.12. The maximum atomic E-state index is 12.5. The highest BCUT2D eigenvalue weighted by Crippen LogP contribution is 2.24. The molecule has 1 saturated heterocycles. The number of benzene rings is 1. The first kappa shape index (κ1) is 20.6. The Morgan fingerprint density at radius 3 is 2.43 bits per heavy atom. The van der Waals surface area contributed by atoms with Crippen LogP contribution in [0.4, 0.5) is 18.9 Å². The summed E-state index contributed by atoms with van der Waals surface area (Å²) in [5, 5.41) is 4.82. The number of nitrogens with one attached hydrogen (secondary N) is 1. The van der Waals surface area contributed by atoms with Gasteiger partial charge in [0.25, 0.3) is 0 Å². The first-order valence-corrected chi connectivity index (χ1v) is 9.83. The molecule has 1 aromatic heterocycles. The van der Waals surface area contributed by atoms with Gasteiger partial charge in [-0.15, -0.1) is 24.5 Å². The van der Waals surface area contributed by atoms with Crippen molar-refractivity contribution in [3.63, 3.8) is 0 Å². The van der Waals surface area contributed by atoms with Gasteiger partial charge in [0, 0.05) is 43.3 Å². The maximum Gasteiger partial charge on any atom is 0.573 e. The van der Waals surface area contributed by atoms with E-state index in [0.29, 0.717) is 5.69 Å². The van der Waals surface area contributed by atoms with E-state index in [0.717, 1.165) is 32.7 Å². The van der Waals surface area contributed by atoms with Gasteiger partial charge in [-0.3, -0.25) is 14.6 Å². The molecule has 0 unspecified atom stereocenters. The summed E-state index contributed by atoms with van der Waals surface area (Å²) in [6.07, 6.45) is -4.73. The molecule has 1 aromatic carbocycles. The van der Waals surface area contributed by atoms with Crippen LogP contribution in [0.2, 0.25) is 0 Å². The molecule has 2 aromatic rings. The number of hydrogen-bond acceptors (Lipinski definition) is 5. The molecule has 1 amide bonds. The quantitative estimate of drug-likeness (QED) is 0.783. The van der Waals surface area contributed by atoms with Crippen LogP contribution in [0.15, 0.2) is 41.8 Å². The predicted molar refractivity (Wildman–Crippen MR) is 102 cm³/mol. The molecule has 0 bridgehead atoms. The predicted octanol–water partition coefficient (Wildman–Crippen LogP) is 3.79. The lowest BCUT2D eigenvalue weighted by molar-refractivity contribution is -0.274. The number of amides is 1. The summed E-state index contributed by atoms with van der Waals surface area (Å²) in [6, 6.07) is 8.99. The molecule has 152 valence electrons. The number of nitrogens with zero attached hydrogens (tertiary/aromatic N) is 2. The van der Waals surface area contributed by atoms with Crippen molar-refractivity contribution in [1.82, 2.24) is 9.80 Å². The largest absolute Gasteiger partial charge is 0.573 e. The monoisotopic (exact) mass is 413 g/mol. The highest BCUT2D eigenvalue weighted by atomic mass is 32.1. The molecule has 1 fully saturated rings. The second-order valence-electron chi connectivity index (χ2n) is 6.63. The van der Waals surface area contributed by atoms with Gasteiger partial charge >= 0.3 is 6.36 Å². The number of piperazine rings is 1. The van der Waals surface area contributed by atoms with Crippen molar-refractivity contribution in [2.75, 3.05) is 31.5 Å². The molecule has 1 atom stereocenters. The Labute approximate surface area is 165 Å². The second-order valence-corrected chi connectivity index (χ2v) is 7.66. The third kappa shape index (κ3) is 5.95. The Hall–Kier alpha value is -2.10. The lowest BCUT2D eigenvalue weighted by Crippen LogP contribution is -2.52. The Morgan fingerprint density at radius 2 is 1.86 bits per heavy atom. The van der Waals surface area contributed by atoms with Crippen molar-refractivity contribution in [2.24, 2.45) is 0 Å². The van der Waals surface area contributed by atoms with Crippen LogP contribution in [0.25, 0.3) is 0 Å². The van der Waals surface area contributed by atoms with Crippen molar-refractivity contribution >= 4 is 22.9 Å². The number of hydrogen-bond donors (Lipinski definition) is 1. The fourth-order valence-electron chi connectivity index (χ4n) is 3.08. The van der Waals surface area contributed by atoms with E-state index in [1.807, 2.05) is 13.0 Å². The molecule has 0 radical (unpaired) electrons. The molecule has 2 heterocycles. The van der Waals surface area contributed by atoms with Gasteiger partial charge in [0.1, 0.15) is 5.75 Å². The minimum atomic E-state index is -4.73. The summed E-state index contributed by atoms with van der Waals surface area (Å²) in [7, 11) is 0. The zero-order valence-electron chi connectivity index (χ0n) is 15.4. The second kappa shape index (κ2) is 8.93. The molecule has 0 saturated carbocycles. The van der Waals surface area contributed by atoms with E-state index in [2.05, 4.69) is 31.3 Å². The number of carbonyl (C=O) groups is 1. The fourth-order valence-corrected chi connectivity index (χ4v) is 3.83. The van der Waals surface area contributed by atoms with Gasteiger partial charge in [-0.25, -0.2) is 0 Å². The summed E-state index contributed by atoms with van der Waals surface area (Å²) in [5.74, 6) is -0.503. The summed E-state index contributed by atoms with van der Waals surface area (Å²) in [5.41, 5.74) is 0.433. The Bertz CT molecular complexity index is 758. The van der Waals surface area contributed by atoms with Gasteiger partial charge in [-0.1, -0.05) is 6.07 Å². The lowest BCUT2D eigenvalue weighted by atomic mass is 10.2. The zero-order valence-corrected chi connectivity index (χ0v) is 16.2. The Kier molecular flexibility index (Phi) is 6.58. The first-order chi connectivity index (χ1) is 13.3. The minimum Gasteiger partial charge on any atom is -0.406 e. The van der Waals surface area contributed by atoms with Gasteiger partial charge in [0.2, 0.25) is 5.91 Å². The van der Waals surface area contributed by atoms with E-state index in [4.69, 9.17) is 0 Å². The minimum absolute atomic E-state index is 0.184. The van der Waals surface area contributed by atoms with Gasteiger partial charge < -0.3 is 10.1 Å². The normalized spacial score (nSPS) is 17.3. The van der Waals surface area contributed by atoms with E-state index in [1.54, 1.807) is 11.3 Å². The van der Waals surface area contributed by atoms with Gasteiger partial charge in [-0.2, -0.15) is 0 Å². The van der Waals surface area contributed by atoms with Gasteiger partial charge in [-0.05, 0) is 42.6 Å². The van der Waals surface area contributed by atoms with E-state index < -0.39 is 6.36 Å². The van der Waals surface area contributed by atoms with E-state index in [1.165, 1.54) is 29.1 Å². The van der Waals surface area contributed by atoms with Crippen LogP contribution >= 0.6 is 11.3 Å². The van der Waals surface area contributed by atoms with Crippen LogP contribution in [-0.2, 0) is 11.3 Å².